The highest BCUT2D eigenvalue weighted by molar-refractivity contribution is 5.92. The first kappa shape index (κ1) is 17.6. The van der Waals surface area contributed by atoms with Gasteiger partial charge in [-0.15, -0.1) is 0 Å². The van der Waals surface area contributed by atoms with Gasteiger partial charge in [-0.05, 0) is 12.8 Å². The van der Waals surface area contributed by atoms with Gasteiger partial charge in [-0.25, -0.2) is 9.78 Å². The number of nitrogens with two attached hydrogens (primary N) is 1. The number of amides is 1. The van der Waals surface area contributed by atoms with Crippen molar-refractivity contribution in [3.63, 3.8) is 0 Å². The van der Waals surface area contributed by atoms with Gasteiger partial charge in [-0.1, -0.05) is 13.8 Å². The SMILES string of the molecule is CCCn1c(=O)c2[nH]c(-c3cc(C(N)=O)n(C)n3)nc2n(CCC)c1=O. The predicted molar refractivity (Wildman–Crippen MR) is 95.9 cm³/mol. The first-order valence-corrected chi connectivity index (χ1v) is 8.46. The zero-order chi connectivity index (χ0) is 19.0. The summed E-state index contributed by atoms with van der Waals surface area (Å²) in [5.74, 6) is -0.311. The highest BCUT2D eigenvalue weighted by Gasteiger charge is 2.19. The topological polar surface area (TPSA) is 134 Å². The number of rotatable bonds is 6. The summed E-state index contributed by atoms with van der Waals surface area (Å²) in [6.07, 6.45) is 1.38. The Morgan fingerprint density at radius 3 is 2.42 bits per heavy atom. The molecule has 138 valence electrons. The Balaban J connectivity index is 2.28. The second-order valence-corrected chi connectivity index (χ2v) is 6.08. The largest absolute Gasteiger partial charge is 0.364 e. The lowest BCUT2D eigenvalue weighted by Gasteiger charge is -2.09. The molecule has 0 aromatic carbocycles. The molecular formula is C16H21N7O3. The lowest BCUT2D eigenvalue weighted by molar-refractivity contribution is 0.0991. The highest BCUT2D eigenvalue weighted by atomic mass is 16.2. The van der Waals surface area contributed by atoms with E-state index in [1.165, 1.54) is 19.9 Å². The molecule has 0 bridgehead atoms. The summed E-state index contributed by atoms with van der Waals surface area (Å²) in [4.78, 5) is 44.1. The number of H-pyrrole nitrogens is 1. The zero-order valence-corrected chi connectivity index (χ0v) is 14.9. The van der Waals surface area contributed by atoms with Crippen molar-refractivity contribution in [3.05, 3.63) is 32.6 Å². The van der Waals surface area contributed by atoms with Crippen LogP contribution >= 0.6 is 0 Å². The van der Waals surface area contributed by atoms with Gasteiger partial charge >= 0.3 is 5.69 Å². The third kappa shape index (κ3) is 2.72. The van der Waals surface area contributed by atoms with E-state index in [-0.39, 0.29) is 22.5 Å². The van der Waals surface area contributed by atoms with Crippen LogP contribution in [0.3, 0.4) is 0 Å². The number of aromatic amines is 1. The van der Waals surface area contributed by atoms with Gasteiger partial charge in [0.1, 0.15) is 16.9 Å². The first-order valence-electron chi connectivity index (χ1n) is 8.46. The van der Waals surface area contributed by atoms with Gasteiger partial charge in [-0.3, -0.25) is 23.4 Å². The van der Waals surface area contributed by atoms with Crippen LogP contribution in [0.1, 0.15) is 37.2 Å². The van der Waals surface area contributed by atoms with Crippen LogP contribution in [-0.4, -0.2) is 34.8 Å². The Hall–Kier alpha value is -3.17. The second-order valence-electron chi connectivity index (χ2n) is 6.08. The molecule has 0 aliphatic heterocycles. The van der Waals surface area contributed by atoms with E-state index in [1.54, 1.807) is 7.05 Å². The molecule has 1 amide bonds. The van der Waals surface area contributed by atoms with Crippen molar-refractivity contribution in [2.75, 3.05) is 0 Å². The van der Waals surface area contributed by atoms with E-state index in [2.05, 4.69) is 15.1 Å². The van der Waals surface area contributed by atoms with Gasteiger partial charge in [0.05, 0.1) is 0 Å². The third-order valence-corrected chi connectivity index (χ3v) is 4.13. The van der Waals surface area contributed by atoms with Gasteiger partial charge in [-0.2, -0.15) is 5.10 Å². The lowest BCUT2D eigenvalue weighted by Crippen LogP contribution is -2.40. The minimum absolute atomic E-state index is 0.217. The summed E-state index contributed by atoms with van der Waals surface area (Å²) < 4.78 is 4.05. The molecule has 0 saturated carbocycles. The molecule has 0 aliphatic carbocycles. The van der Waals surface area contributed by atoms with Gasteiger partial charge in [0.15, 0.2) is 11.5 Å². The maximum atomic E-state index is 12.7. The molecular weight excluding hydrogens is 338 g/mol. The number of hydrogen-bond acceptors (Lipinski definition) is 5. The van der Waals surface area contributed by atoms with E-state index in [4.69, 9.17) is 5.73 Å². The summed E-state index contributed by atoms with van der Waals surface area (Å²) in [6.45, 7) is 4.62. The fourth-order valence-electron chi connectivity index (χ4n) is 2.95. The van der Waals surface area contributed by atoms with E-state index in [9.17, 15) is 14.4 Å². The van der Waals surface area contributed by atoms with Crippen LogP contribution in [0, 0.1) is 0 Å². The van der Waals surface area contributed by atoms with Crippen LogP contribution in [0.5, 0.6) is 0 Å². The maximum absolute atomic E-state index is 12.7. The van der Waals surface area contributed by atoms with Gasteiger partial charge in [0.25, 0.3) is 11.5 Å². The zero-order valence-electron chi connectivity index (χ0n) is 14.9. The molecule has 3 N–H and O–H groups in total. The van der Waals surface area contributed by atoms with Crippen LogP contribution < -0.4 is 17.0 Å². The number of carbonyl (C=O) groups excluding carboxylic acids is 1. The average molecular weight is 359 g/mol. The maximum Gasteiger partial charge on any atom is 0.332 e. The molecule has 3 aromatic heterocycles. The minimum Gasteiger partial charge on any atom is -0.364 e. The van der Waals surface area contributed by atoms with Crippen LogP contribution in [0.2, 0.25) is 0 Å². The van der Waals surface area contributed by atoms with Crippen LogP contribution in [0.4, 0.5) is 0 Å². The Labute approximate surface area is 148 Å². The molecule has 0 radical (unpaired) electrons. The first-order chi connectivity index (χ1) is 12.4. The number of carbonyl (C=O) groups is 1. The van der Waals surface area contributed by atoms with Crippen molar-refractivity contribution >= 4 is 17.1 Å². The molecule has 10 heteroatoms. The standard InChI is InChI=1S/C16H21N7O3/c1-4-6-22-14-11(15(25)23(7-5-2)16(22)26)18-13(19-14)9-8-10(12(17)24)21(3)20-9/h8H,4-7H2,1-3H3,(H2,17,24)(H,18,19). The normalized spacial score (nSPS) is 11.3. The molecule has 0 fully saturated rings. The Morgan fingerprint density at radius 1 is 1.19 bits per heavy atom. The molecule has 0 saturated heterocycles. The van der Waals surface area contributed by atoms with Gasteiger partial charge in [0.2, 0.25) is 0 Å². The van der Waals surface area contributed by atoms with Crippen molar-refractivity contribution in [1.82, 2.24) is 28.9 Å². The Morgan fingerprint density at radius 2 is 1.85 bits per heavy atom. The van der Waals surface area contributed by atoms with Crippen LogP contribution in [0.25, 0.3) is 22.7 Å². The molecule has 10 nitrogen and oxygen atoms in total. The third-order valence-electron chi connectivity index (χ3n) is 4.13. The molecule has 0 aliphatic rings. The fourth-order valence-corrected chi connectivity index (χ4v) is 2.95. The van der Waals surface area contributed by atoms with E-state index in [0.29, 0.717) is 31.0 Å². The van der Waals surface area contributed by atoms with Crippen molar-refractivity contribution < 1.29 is 4.79 Å². The van der Waals surface area contributed by atoms with E-state index in [0.717, 1.165) is 6.42 Å². The fraction of sp³-hybridized carbons (Fsp3) is 0.438. The van der Waals surface area contributed by atoms with Crippen LogP contribution in [-0.2, 0) is 20.1 Å². The van der Waals surface area contributed by atoms with Crippen molar-refractivity contribution in [3.8, 4) is 11.5 Å². The summed E-state index contributed by atoms with van der Waals surface area (Å²) >= 11 is 0. The number of fused-ring (bicyclic) bond motifs is 1. The summed E-state index contributed by atoms with van der Waals surface area (Å²) in [7, 11) is 1.59. The number of nitrogens with zero attached hydrogens (tertiary/aromatic N) is 5. The molecule has 3 aromatic rings. The predicted octanol–water partition coefficient (Wildman–Crippen LogP) is 0.206. The number of primary amides is 1. The van der Waals surface area contributed by atoms with Crippen molar-refractivity contribution in [2.24, 2.45) is 12.8 Å². The molecule has 3 rings (SSSR count). The van der Waals surface area contributed by atoms with Crippen LogP contribution in [0.15, 0.2) is 15.7 Å². The van der Waals surface area contributed by atoms with E-state index >= 15 is 0 Å². The molecule has 0 spiro atoms. The summed E-state index contributed by atoms with van der Waals surface area (Å²) in [5.41, 5.74) is 5.65. The smallest absolute Gasteiger partial charge is 0.332 e. The van der Waals surface area contributed by atoms with Gasteiger partial charge < -0.3 is 10.7 Å². The number of hydrogen-bond donors (Lipinski definition) is 2. The quantitative estimate of drug-likeness (QED) is 0.649. The molecule has 26 heavy (non-hydrogen) atoms. The second kappa shape index (κ2) is 6.62. The summed E-state index contributed by atoms with van der Waals surface area (Å²) in [6, 6.07) is 1.49. The summed E-state index contributed by atoms with van der Waals surface area (Å²) in [5, 5.41) is 4.21. The molecule has 0 unspecified atom stereocenters. The lowest BCUT2D eigenvalue weighted by atomic mass is 10.3. The number of imidazole rings is 1. The average Bonchev–Trinajstić information content (AvgIpc) is 3.19. The Kier molecular flexibility index (Phi) is 4.49. The number of aromatic nitrogens is 6. The molecule has 0 atom stereocenters. The monoisotopic (exact) mass is 359 g/mol. The van der Waals surface area contributed by atoms with Crippen molar-refractivity contribution in [1.29, 1.82) is 0 Å². The van der Waals surface area contributed by atoms with Crippen molar-refractivity contribution in [2.45, 2.75) is 39.8 Å². The molecule has 3 heterocycles. The Bertz CT molecular complexity index is 1100. The van der Waals surface area contributed by atoms with Gasteiger partial charge in [0, 0.05) is 26.2 Å². The number of nitrogens with one attached hydrogen (secondary N) is 1. The highest BCUT2D eigenvalue weighted by Crippen LogP contribution is 2.18. The van der Waals surface area contributed by atoms with E-state index in [1.807, 2.05) is 13.8 Å². The number of aryl methyl sites for hydroxylation is 2. The van der Waals surface area contributed by atoms with E-state index < -0.39 is 11.5 Å². The minimum atomic E-state index is -0.615.